The van der Waals surface area contributed by atoms with Gasteiger partial charge in [0.2, 0.25) is 0 Å². The zero-order valence-electron chi connectivity index (χ0n) is 9.97. The van der Waals surface area contributed by atoms with Crippen LogP contribution in [0.1, 0.15) is 40.0 Å². The first-order valence-electron chi connectivity index (χ1n) is 4.75. The molecule has 0 amide bonds. The van der Waals surface area contributed by atoms with Crippen molar-refractivity contribution in [3.63, 3.8) is 0 Å². The first-order valence-corrected chi connectivity index (χ1v) is 4.75. The summed E-state index contributed by atoms with van der Waals surface area (Å²) in [5, 5.41) is 0. The van der Waals surface area contributed by atoms with Gasteiger partial charge in [-0.2, -0.15) is 6.42 Å². The van der Waals surface area contributed by atoms with E-state index in [2.05, 4.69) is 32.6 Å². The summed E-state index contributed by atoms with van der Waals surface area (Å²) < 4.78 is 0. The Labute approximate surface area is 98.0 Å². The minimum Gasteiger partial charge on any atom is -0.358 e. The van der Waals surface area contributed by atoms with Crippen LogP contribution in [-0.2, 0) is 19.5 Å². The monoisotopic (exact) mass is 235 g/mol. The van der Waals surface area contributed by atoms with E-state index in [4.69, 9.17) is 0 Å². The number of hydrogen-bond acceptors (Lipinski definition) is 1. The Hall–Kier alpha value is 0.583. The fourth-order valence-electron chi connectivity index (χ4n) is 1.23. The molecule has 0 aromatic carbocycles. The van der Waals surface area contributed by atoms with Crippen molar-refractivity contribution < 1.29 is 19.5 Å². The van der Waals surface area contributed by atoms with Gasteiger partial charge in [0.05, 0.1) is 0 Å². The van der Waals surface area contributed by atoms with Crippen LogP contribution < -0.4 is 0 Å². The molecule has 0 aliphatic rings. The van der Waals surface area contributed by atoms with E-state index < -0.39 is 0 Å². The molecule has 0 saturated carbocycles. The van der Waals surface area contributed by atoms with Crippen LogP contribution in [0.5, 0.6) is 0 Å². The Kier molecular flexibility index (Phi) is 18.6. The minimum atomic E-state index is 0. The van der Waals surface area contributed by atoms with Gasteiger partial charge in [0.15, 0.2) is 0 Å². The van der Waals surface area contributed by atoms with E-state index in [9.17, 15) is 0 Å². The Morgan fingerprint density at radius 2 is 1.77 bits per heavy atom. The van der Waals surface area contributed by atoms with E-state index in [1.165, 1.54) is 25.9 Å². The molecule has 0 radical (unpaired) electrons. The molecule has 0 aromatic rings. The molecule has 0 aromatic heterocycles. The molecule has 0 spiro atoms. The van der Waals surface area contributed by atoms with Crippen LogP contribution in [0.15, 0.2) is 0 Å². The second kappa shape index (κ2) is 12.6. The van der Waals surface area contributed by atoms with Crippen molar-refractivity contribution in [3.05, 3.63) is 14.4 Å². The molecule has 0 N–H and O–H groups in total. The van der Waals surface area contributed by atoms with Crippen LogP contribution in [0.2, 0.25) is 0 Å². The van der Waals surface area contributed by atoms with Crippen molar-refractivity contribution in [3.8, 4) is 0 Å². The van der Waals surface area contributed by atoms with Gasteiger partial charge in [-0.25, -0.2) is 0 Å². The van der Waals surface area contributed by atoms with Gasteiger partial charge in [-0.15, -0.1) is 0 Å². The van der Waals surface area contributed by atoms with E-state index in [1.807, 2.05) is 0 Å². The third-order valence-corrected chi connectivity index (χ3v) is 1.94. The van der Waals surface area contributed by atoms with Crippen molar-refractivity contribution >= 4 is 0 Å². The van der Waals surface area contributed by atoms with Crippen molar-refractivity contribution in [2.45, 2.75) is 46.1 Å². The van der Waals surface area contributed by atoms with E-state index in [-0.39, 0.29) is 26.9 Å². The smallest absolute Gasteiger partial charge is 0.358 e. The zero-order chi connectivity index (χ0) is 8.69. The summed E-state index contributed by atoms with van der Waals surface area (Å²) in [4.78, 5) is 2.52. The topological polar surface area (TPSA) is 3.24 Å². The van der Waals surface area contributed by atoms with Crippen LogP contribution in [0.25, 0.3) is 0 Å². The van der Waals surface area contributed by atoms with Crippen molar-refractivity contribution in [2.75, 3.05) is 13.1 Å². The van der Waals surface area contributed by atoms with Crippen LogP contribution in [0.3, 0.4) is 0 Å². The molecule has 13 heavy (non-hydrogen) atoms. The standard InChI is InChI=1S/C10H22N.CH3.Zn/c1-5-7-9-11(8-6-2)10(3)4;;/h10H,1,5-9H2,2-4H3;1H3;/q2*-1;+2. The van der Waals surface area contributed by atoms with Crippen LogP contribution >= 0.6 is 0 Å². The van der Waals surface area contributed by atoms with Crippen molar-refractivity contribution in [2.24, 2.45) is 0 Å². The molecule has 0 aliphatic carbocycles. The van der Waals surface area contributed by atoms with Crippen molar-refractivity contribution in [1.82, 2.24) is 4.90 Å². The van der Waals surface area contributed by atoms with E-state index in [0.717, 1.165) is 6.42 Å². The molecular formula is C11H25NZn. The Balaban J connectivity index is -0.000000500. The molecule has 0 heterocycles. The van der Waals surface area contributed by atoms with Gasteiger partial charge in [0.25, 0.3) is 0 Å². The summed E-state index contributed by atoms with van der Waals surface area (Å²) in [6.45, 7) is 13.1. The summed E-state index contributed by atoms with van der Waals surface area (Å²) in [6.07, 6.45) is 3.56. The maximum Gasteiger partial charge on any atom is 2.00 e. The third kappa shape index (κ3) is 10.5. The summed E-state index contributed by atoms with van der Waals surface area (Å²) in [5.41, 5.74) is 0. The minimum absolute atomic E-state index is 0. The van der Waals surface area contributed by atoms with Gasteiger partial charge < -0.3 is 19.3 Å². The van der Waals surface area contributed by atoms with Gasteiger partial charge in [-0.05, 0) is 33.4 Å². The van der Waals surface area contributed by atoms with Gasteiger partial charge in [0.1, 0.15) is 0 Å². The van der Waals surface area contributed by atoms with E-state index >= 15 is 0 Å². The predicted octanol–water partition coefficient (Wildman–Crippen LogP) is 3.17. The predicted molar refractivity (Wildman–Crippen MR) is 58.0 cm³/mol. The van der Waals surface area contributed by atoms with Gasteiger partial charge in [0, 0.05) is 6.04 Å². The molecule has 0 bridgehead atoms. The molecular weight excluding hydrogens is 212 g/mol. The Bertz CT molecular complexity index is 84.2. The fourth-order valence-corrected chi connectivity index (χ4v) is 1.23. The fraction of sp³-hybridized carbons (Fsp3) is 0.818. The number of unbranched alkanes of at least 4 members (excludes halogenated alkanes) is 1. The molecule has 0 unspecified atom stereocenters. The van der Waals surface area contributed by atoms with E-state index in [1.54, 1.807) is 0 Å². The molecule has 0 aliphatic heterocycles. The maximum atomic E-state index is 3.85. The average Bonchev–Trinajstić information content (AvgIpc) is 1.97. The Morgan fingerprint density at radius 3 is 2.08 bits per heavy atom. The van der Waals surface area contributed by atoms with Crippen molar-refractivity contribution in [1.29, 1.82) is 0 Å². The zero-order valence-corrected chi connectivity index (χ0v) is 12.9. The largest absolute Gasteiger partial charge is 2.00 e. The first-order chi connectivity index (χ1) is 5.22. The maximum absolute atomic E-state index is 3.85. The molecule has 0 saturated heterocycles. The summed E-state index contributed by atoms with van der Waals surface area (Å²) in [7, 11) is 0. The summed E-state index contributed by atoms with van der Waals surface area (Å²) >= 11 is 0. The quantitative estimate of drug-likeness (QED) is 0.506. The van der Waals surface area contributed by atoms with Crippen LogP contribution in [0, 0.1) is 14.4 Å². The SMILES string of the molecule is [CH2-]CCCN(CCC)C(C)C.[CH3-].[Zn+2]. The molecule has 0 fully saturated rings. The van der Waals surface area contributed by atoms with Gasteiger partial charge >= 0.3 is 19.5 Å². The summed E-state index contributed by atoms with van der Waals surface area (Å²) in [5.74, 6) is 0. The number of rotatable bonds is 6. The summed E-state index contributed by atoms with van der Waals surface area (Å²) in [6, 6.07) is 0.696. The van der Waals surface area contributed by atoms with Gasteiger partial charge in [-0.1, -0.05) is 13.3 Å². The first kappa shape index (κ1) is 19.2. The molecule has 2 heteroatoms. The average molecular weight is 237 g/mol. The molecule has 0 rings (SSSR count). The Morgan fingerprint density at radius 1 is 1.23 bits per heavy atom. The number of nitrogens with zero attached hydrogens (tertiary/aromatic N) is 1. The molecule has 1 nitrogen and oxygen atoms in total. The normalized spacial score (nSPS) is 9.69. The van der Waals surface area contributed by atoms with E-state index in [0.29, 0.717) is 6.04 Å². The molecule has 76 valence electrons. The molecule has 0 atom stereocenters. The second-order valence-corrected chi connectivity index (χ2v) is 3.34. The van der Waals surface area contributed by atoms with Crippen LogP contribution in [0.4, 0.5) is 0 Å². The second-order valence-electron chi connectivity index (χ2n) is 3.34. The van der Waals surface area contributed by atoms with Gasteiger partial charge in [-0.3, -0.25) is 0 Å². The third-order valence-electron chi connectivity index (χ3n) is 1.94. The number of hydrogen-bond donors (Lipinski definition) is 0. The van der Waals surface area contributed by atoms with Crippen LogP contribution in [-0.4, -0.2) is 24.0 Å².